The Balaban J connectivity index is 2.14. The molecule has 2 heteroatoms. The zero-order chi connectivity index (χ0) is 11.4. The van der Waals surface area contributed by atoms with Gasteiger partial charge in [-0.3, -0.25) is 0 Å². The van der Waals surface area contributed by atoms with E-state index in [-0.39, 0.29) is 0 Å². The van der Waals surface area contributed by atoms with Gasteiger partial charge in [-0.2, -0.15) is 0 Å². The van der Waals surface area contributed by atoms with Crippen LogP contribution in [0.1, 0.15) is 43.6 Å². The van der Waals surface area contributed by atoms with Crippen molar-refractivity contribution in [2.45, 2.75) is 43.4 Å². The van der Waals surface area contributed by atoms with Gasteiger partial charge < -0.3 is 4.74 Å². The lowest BCUT2D eigenvalue weighted by Crippen LogP contribution is -2.04. The Kier molecular flexibility index (Phi) is 4.11. The van der Waals surface area contributed by atoms with E-state index in [1.165, 1.54) is 31.2 Å². The van der Waals surface area contributed by atoms with Crippen molar-refractivity contribution in [3.63, 3.8) is 0 Å². The molecule has 0 amide bonds. The lowest BCUT2D eigenvalue weighted by Gasteiger charge is -2.17. The quantitative estimate of drug-likeness (QED) is 0.550. The lowest BCUT2D eigenvalue weighted by molar-refractivity contribution is 0.413. The molecule has 2 atom stereocenters. The van der Waals surface area contributed by atoms with Gasteiger partial charge in [0.05, 0.1) is 7.11 Å². The minimum absolute atomic E-state index is 0.346. The summed E-state index contributed by atoms with van der Waals surface area (Å²) < 4.78 is 5.27. The highest BCUT2D eigenvalue weighted by Crippen LogP contribution is 2.34. The van der Waals surface area contributed by atoms with Gasteiger partial charge in [0.25, 0.3) is 0 Å². The first kappa shape index (κ1) is 11.8. The predicted molar refractivity (Wildman–Crippen MR) is 68.5 cm³/mol. The third kappa shape index (κ3) is 2.91. The van der Waals surface area contributed by atoms with Crippen molar-refractivity contribution in [1.82, 2.24) is 0 Å². The maximum Gasteiger partial charge on any atom is 0.119 e. The van der Waals surface area contributed by atoms with Gasteiger partial charge in [0.2, 0.25) is 0 Å². The number of ether oxygens (including phenoxy) is 1. The minimum atomic E-state index is 0.346. The van der Waals surface area contributed by atoms with E-state index in [1.807, 2.05) is 6.07 Å². The van der Waals surface area contributed by atoms with Crippen molar-refractivity contribution >= 4 is 11.6 Å². The molecule has 0 radical (unpaired) electrons. The van der Waals surface area contributed by atoms with Crippen LogP contribution in [0.25, 0.3) is 0 Å². The van der Waals surface area contributed by atoms with E-state index < -0.39 is 0 Å². The van der Waals surface area contributed by atoms with Crippen LogP contribution in [0.2, 0.25) is 0 Å². The average Bonchev–Trinajstić information content (AvgIpc) is 2.54. The zero-order valence-electron chi connectivity index (χ0n) is 9.79. The van der Waals surface area contributed by atoms with E-state index in [9.17, 15) is 0 Å². The molecule has 0 aromatic heterocycles. The highest BCUT2D eigenvalue weighted by molar-refractivity contribution is 6.20. The fourth-order valence-corrected chi connectivity index (χ4v) is 2.87. The van der Waals surface area contributed by atoms with E-state index >= 15 is 0 Å². The van der Waals surface area contributed by atoms with Gasteiger partial charge in [-0.25, -0.2) is 0 Å². The Morgan fingerprint density at radius 1 is 1.25 bits per heavy atom. The topological polar surface area (TPSA) is 9.23 Å². The number of hydrogen-bond donors (Lipinski definition) is 0. The molecule has 1 aromatic rings. The largest absolute Gasteiger partial charge is 0.497 e. The fourth-order valence-electron chi connectivity index (χ4n) is 2.50. The molecular formula is C14H19ClO. The summed E-state index contributed by atoms with van der Waals surface area (Å²) >= 11 is 6.31. The van der Waals surface area contributed by atoms with Gasteiger partial charge in [-0.15, -0.1) is 11.6 Å². The van der Waals surface area contributed by atoms with Crippen LogP contribution >= 0.6 is 11.6 Å². The standard InChI is InChI=1S/C14H19ClO/c1-16-14-8-4-6-12(10-14)11-5-2-3-7-13(15)9-11/h4,6,8,10-11,13H,2-3,5,7,9H2,1H3. The number of rotatable bonds is 2. The first-order valence-electron chi connectivity index (χ1n) is 6.07. The van der Waals surface area contributed by atoms with Crippen molar-refractivity contribution in [3.05, 3.63) is 29.8 Å². The van der Waals surface area contributed by atoms with Crippen LogP contribution in [0.4, 0.5) is 0 Å². The summed E-state index contributed by atoms with van der Waals surface area (Å²) in [6, 6.07) is 8.42. The second-order valence-electron chi connectivity index (χ2n) is 4.59. The summed E-state index contributed by atoms with van der Waals surface area (Å²) in [6.45, 7) is 0. The molecule has 2 rings (SSSR count). The summed E-state index contributed by atoms with van der Waals surface area (Å²) in [7, 11) is 1.72. The molecule has 1 aliphatic rings. The molecule has 0 N–H and O–H groups in total. The number of benzene rings is 1. The van der Waals surface area contributed by atoms with Crippen LogP contribution in [0.3, 0.4) is 0 Å². The maximum atomic E-state index is 6.31. The zero-order valence-corrected chi connectivity index (χ0v) is 10.5. The first-order valence-corrected chi connectivity index (χ1v) is 6.51. The van der Waals surface area contributed by atoms with Crippen molar-refractivity contribution < 1.29 is 4.74 Å². The number of hydrogen-bond acceptors (Lipinski definition) is 1. The van der Waals surface area contributed by atoms with Crippen LogP contribution in [0.5, 0.6) is 5.75 Å². The number of alkyl halides is 1. The van der Waals surface area contributed by atoms with Gasteiger partial charge in [0, 0.05) is 5.38 Å². The van der Waals surface area contributed by atoms with Crippen LogP contribution in [0, 0.1) is 0 Å². The predicted octanol–water partition coefficient (Wildman–Crippen LogP) is 4.35. The highest BCUT2D eigenvalue weighted by Gasteiger charge is 2.20. The molecular weight excluding hydrogens is 220 g/mol. The minimum Gasteiger partial charge on any atom is -0.497 e. The molecule has 1 nitrogen and oxygen atoms in total. The second kappa shape index (κ2) is 5.58. The monoisotopic (exact) mass is 238 g/mol. The van der Waals surface area contributed by atoms with Crippen molar-refractivity contribution in [3.8, 4) is 5.75 Å². The fraction of sp³-hybridized carbons (Fsp3) is 0.571. The van der Waals surface area contributed by atoms with E-state index in [1.54, 1.807) is 7.11 Å². The Morgan fingerprint density at radius 2 is 2.06 bits per heavy atom. The van der Waals surface area contributed by atoms with Crippen LogP contribution in [0.15, 0.2) is 24.3 Å². The second-order valence-corrected chi connectivity index (χ2v) is 5.21. The van der Waals surface area contributed by atoms with Gasteiger partial charge in [-0.1, -0.05) is 25.0 Å². The summed E-state index contributed by atoms with van der Waals surface area (Å²) in [5.74, 6) is 1.56. The normalized spacial score (nSPS) is 26.1. The number of methoxy groups -OCH3 is 1. The van der Waals surface area contributed by atoms with Crippen LogP contribution in [-0.4, -0.2) is 12.5 Å². The average molecular weight is 239 g/mol. The summed E-state index contributed by atoms with van der Waals surface area (Å²) in [5, 5.41) is 0.346. The summed E-state index contributed by atoms with van der Waals surface area (Å²) in [4.78, 5) is 0. The Labute approximate surface area is 103 Å². The Hall–Kier alpha value is -0.690. The summed E-state index contributed by atoms with van der Waals surface area (Å²) in [6.07, 6.45) is 6.10. The van der Waals surface area contributed by atoms with Crippen molar-refractivity contribution in [2.24, 2.45) is 0 Å². The number of halogens is 1. The summed E-state index contributed by atoms with van der Waals surface area (Å²) in [5.41, 5.74) is 1.38. The molecule has 88 valence electrons. The molecule has 2 unspecified atom stereocenters. The van der Waals surface area contributed by atoms with Crippen molar-refractivity contribution in [2.75, 3.05) is 7.11 Å². The molecule has 0 aliphatic heterocycles. The smallest absolute Gasteiger partial charge is 0.119 e. The Morgan fingerprint density at radius 3 is 2.88 bits per heavy atom. The van der Waals surface area contributed by atoms with Crippen LogP contribution in [-0.2, 0) is 0 Å². The third-order valence-electron chi connectivity index (χ3n) is 3.43. The van der Waals surface area contributed by atoms with Gasteiger partial charge in [-0.05, 0) is 42.9 Å². The molecule has 1 aliphatic carbocycles. The molecule has 1 saturated carbocycles. The van der Waals surface area contributed by atoms with Gasteiger partial charge >= 0.3 is 0 Å². The molecule has 0 spiro atoms. The highest BCUT2D eigenvalue weighted by atomic mass is 35.5. The molecule has 0 bridgehead atoms. The molecule has 0 saturated heterocycles. The molecule has 0 heterocycles. The first-order chi connectivity index (χ1) is 7.79. The van der Waals surface area contributed by atoms with Crippen LogP contribution < -0.4 is 4.74 Å². The SMILES string of the molecule is COc1cccc(C2CCCCC(Cl)C2)c1. The van der Waals surface area contributed by atoms with E-state index in [0.717, 1.165) is 12.2 Å². The third-order valence-corrected chi connectivity index (χ3v) is 3.82. The lowest BCUT2D eigenvalue weighted by atomic mass is 9.91. The van der Waals surface area contributed by atoms with E-state index in [2.05, 4.69) is 18.2 Å². The van der Waals surface area contributed by atoms with E-state index in [4.69, 9.17) is 16.3 Å². The Bertz CT molecular complexity index is 337. The van der Waals surface area contributed by atoms with Gasteiger partial charge in [0.1, 0.15) is 5.75 Å². The molecule has 1 aromatic carbocycles. The van der Waals surface area contributed by atoms with E-state index in [0.29, 0.717) is 11.3 Å². The van der Waals surface area contributed by atoms with Crippen molar-refractivity contribution in [1.29, 1.82) is 0 Å². The molecule has 1 fully saturated rings. The van der Waals surface area contributed by atoms with Gasteiger partial charge in [0.15, 0.2) is 0 Å². The molecule has 16 heavy (non-hydrogen) atoms. The maximum absolute atomic E-state index is 6.31.